The van der Waals surface area contributed by atoms with Crippen LogP contribution in [-0.2, 0) is 4.79 Å². The van der Waals surface area contributed by atoms with Crippen LogP contribution in [0.5, 0.6) is 0 Å². The maximum absolute atomic E-state index is 12.0. The zero-order valence-corrected chi connectivity index (χ0v) is 13.7. The monoisotopic (exact) mass is 343 g/mol. The number of carbonyl (C=O) groups is 1. The summed E-state index contributed by atoms with van der Waals surface area (Å²) in [7, 11) is 0. The molecule has 0 fully saturated rings. The number of aromatic amines is 1. The summed E-state index contributed by atoms with van der Waals surface area (Å²) in [4.78, 5) is 19.5. The predicted molar refractivity (Wildman–Crippen MR) is 94.8 cm³/mol. The number of H-pyrrole nitrogens is 1. The number of anilines is 1. The van der Waals surface area contributed by atoms with E-state index < -0.39 is 0 Å². The topological polar surface area (TPSA) is 57.8 Å². The van der Waals surface area contributed by atoms with Crippen molar-refractivity contribution < 1.29 is 4.79 Å². The third kappa shape index (κ3) is 4.15. The summed E-state index contributed by atoms with van der Waals surface area (Å²) >= 11 is 7.36. The standard InChI is InChI=1S/C17H14ClN3OS/c18-13-8-4-5-9-14(13)20-16(22)11-23-17-19-10-15(21-17)12-6-2-1-3-7-12/h1-10H,11H2,(H,19,21)(H,20,22). The van der Waals surface area contributed by atoms with E-state index in [1.165, 1.54) is 11.8 Å². The number of thioether (sulfide) groups is 1. The largest absolute Gasteiger partial charge is 0.333 e. The highest BCUT2D eigenvalue weighted by Crippen LogP contribution is 2.23. The van der Waals surface area contributed by atoms with Crippen LogP contribution in [0.1, 0.15) is 0 Å². The van der Waals surface area contributed by atoms with Crippen molar-refractivity contribution in [1.82, 2.24) is 9.97 Å². The third-order valence-electron chi connectivity index (χ3n) is 3.13. The van der Waals surface area contributed by atoms with E-state index >= 15 is 0 Å². The summed E-state index contributed by atoms with van der Waals surface area (Å²) in [5.74, 6) is 0.133. The molecule has 3 rings (SSSR count). The number of hydrogen-bond acceptors (Lipinski definition) is 3. The Hall–Kier alpha value is -2.24. The first-order chi connectivity index (χ1) is 11.2. The van der Waals surface area contributed by atoms with Crippen LogP contribution in [0.2, 0.25) is 5.02 Å². The van der Waals surface area contributed by atoms with Gasteiger partial charge in [0.05, 0.1) is 28.4 Å². The Balaban J connectivity index is 1.58. The average Bonchev–Trinajstić information content (AvgIpc) is 3.05. The Kier molecular flexibility index (Phi) is 5.00. The van der Waals surface area contributed by atoms with Crippen molar-refractivity contribution in [3.05, 3.63) is 65.8 Å². The molecular weight excluding hydrogens is 330 g/mol. The molecule has 2 aromatic carbocycles. The Morgan fingerprint density at radius 2 is 1.87 bits per heavy atom. The van der Waals surface area contributed by atoms with Crippen LogP contribution < -0.4 is 5.32 Å². The van der Waals surface area contributed by atoms with Crippen molar-refractivity contribution in [2.75, 3.05) is 11.1 Å². The molecule has 0 unspecified atom stereocenters. The second-order valence-electron chi connectivity index (χ2n) is 4.78. The van der Waals surface area contributed by atoms with Crippen LogP contribution in [0.4, 0.5) is 5.69 Å². The smallest absolute Gasteiger partial charge is 0.234 e. The van der Waals surface area contributed by atoms with E-state index in [0.29, 0.717) is 15.9 Å². The molecule has 116 valence electrons. The lowest BCUT2D eigenvalue weighted by Crippen LogP contribution is -2.14. The van der Waals surface area contributed by atoms with Crippen molar-refractivity contribution in [2.24, 2.45) is 0 Å². The predicted octanol–water partition coefficient (Wildman–Crippen LogP) is 4.46. The molecular formula is C17H14ClN3OS. The minimum Gasteiger partial charge on any atom is -0.333 e. The van der Waals surface area contributed by atoms with E-state index in [4.69, 9.17) is 11.6 Å². The van der Waals surface area contributed by atoms with E-state index in [0.717, 1.165) is 11.3 Å². The van der Waals surface area contributed by atoms with Crippen LogP contribution in [0, 0.1) is 0 Å². The SMILES string of the molecule is O=C(CSc1ncc(-c2ccccc2)[nH]1)Nc1ccccc1Cl. The van der Waals surface area contributed by atoms with E-state index in [9.17, 15) is 4.79 Å². The highest BCUT2D eigenvalue weighted by atomic mass is 35.5. The molecule has 0 aliphatic rings. The van der Waals surface area contributed by atoms with Gasteiger partial charge in [-0.1, -0.05) is 65.8 Å². The third-order valence-corrected chi connectivity index (χ3v) is 4.34. The molecule has 6 heteroatoms. The number of benzene rings is 2. The van der Waals surface area contributed by atoms with E-state index in [2.05, 4.69) is 15.3 Å². The first kappa shape index (κ1) is 15.6. The lowest BCUT2D eigenvalue weighted by atomic mass is 10.2. The second kappa shape index (κ2) is 7.35. The lowest BCUT2D eigenvalue weighted by Gasteiger charge is -2.05. The zero-order valence-electron chi connectivity index (χ0n) is 12.1. The van der Waals surface area contributed by atoms with Gasteiger partial charge in [0.1, 0.15) is 0 Å². The highest BCUT2D eigenvalue weighted by Gasteiger charge is 2.08. The van der Waals surface area contributed by atoms with Gasteiger partial charge in [-0.25, -0.2) is 4.98 Å². The maximum atomic E-state index is 12.0. The summed E-state index contributed by atoms with van der Waals surface area (Å²) < 4.78 is 0. The number of nitrogens with one attached hydrogen (secondary N) is 2. The number of nitrogens with zero attached hydrogens (tertiary/aromatic N) is 1. The number of rotatable bonds is 5. The number of carbonyl (C=O) groups excluding carboxylic acids is 1. The molecule has 3 aromatic rings. The van der Waals surface area contributed by atoms with Gasteiger partial charge in [-0.3, -0.25) is 4.79 Å². The Morgan fingerprint density at radius 3 is 2.65 bits per heavy atom. The normalized spacial score (nSPS) is 10.5. The van der Waals surface area contributed by atoms with Crippen molar-refractivity contribution in [1.29, 1.82) is 0 Å². The molecule has 0 radical (unpaired) electrons. The lowest BCUT2D eigenvalue weighted by molar-refractivity contribution is -0.113. The number of imidazole rings is 1. The number of amides is 1. The van der Waals surface area contributed by atoms with Gasteiger partial charge >= 0.3 is 0 Å². The summed E-state index contributed by atoms with van der Waals surface area (Å²) in [6.45, 7) is 0. The summed E-state index contributed by atoms with van der Waals surface area (Å²) in [5, 5.41) is 4.02. The van der Waals surface area contributed by atoms with Gasteiger partial charge in [0.25, 0.3) is 0 Å². The van der Waals surface area contributed by atoms with Crippen molar-refractivity contribution in [3.8, 4) is 11.3 Å². The molecule has 1 heterocycles. The Morgan fingerprint density at radius 1 is 1.13 bits per heavy atom. The van der Waals surface area contributed by atoms with E-state index in [1.807, 2.05) is 42.5 Å². The van der Waals surface area contributed by atoms with E-state index in [1.54, 1.807) is 18.3 Å². The molecule has 0 saturated carbocycles. The van der Waals surface area contributed by atoms with Crippen molar-refractivity contribution >= 4 is 35.0 Å². The van der Waals surface area contributed by atoms with Crippen LogP contribution in [0.25, 0.3) is 11.3 Å². The average molecular weight is 344 g/mol. The van der Waals surface area contributed by atoms with Crippen LogP contribution in [-0.4, -0.2) is 21.6 Å². The molecule has 23 heavy (non-hydrogen) atoms. The van der Waals surface area contributed by atoms with Crippen molar-refractivity contribution in [2.45, 2.75) is 5.16 Å². The fourth-order valence-electron chi connectivity index (χ4n) is 2.02. The second-order valence-corrected chi connectivity index (χ2v) is 6.16. The number of halogens is 1. The fraction of sp³-hybridized carbons (Fsp3) is 0.0588. The molecule has 1 amide bonds. The first-order valence-corrected chi connectivity index (χ1v) is 8.36. The van der Waals surface area contributed by atoms with Gasteiger partial charge in [0.2, 0.25) is 5.91 Å². The molecule has 0 aliphatic heterocycles. The molecule has 2 N–H and O–H groups in total. The number of hydrogen-bond donors (Lipinski definition) is 2. The van der Waals surface area contributed by atoms with Gasteiger partial charge in [-0.2, -0.15) is 0 Å². The molecule has 0 saturated heterocycles. The Labute approximate surface area is 143 Å². The maximum Gasteiger partial charge on any atom is 0.234 e. The summed E-state index contributed by atoms with van der Waals surface area (Å²) in [5.41, 5.74) is 2.61. The molecule has 0 atom stereocenters. The molecule has 0 spiro atoms. The van der Waals surface area contributed by atoms with Gasteiger partial charge in [0, 0.05) is 0 Å². The van der Waals surface area contributed by atoms with Crippen LogP contribution in [0.3, 0.4) is 0 Å². The Bertz CT molecular complexity index is 804. The van der Waals surface area contributed by atoms with Crippen molar-refractivity contribution in [3.63, 3.8) is 0 Å². The molecule has 1 aromatic heterocycles. The first-order valence-electron chi connectivity index (χ1n) is 7.00. The van der Waals surface area contributed by atoms with Crippen LogP contribution >= 0.6 is 23.4 Å². The number of para-hydroxylation sites is 1. The fourth-order valence-corrected chi connectivity index (χ4v) is 2.86. The van der Waals surface area contributed by atoms with Gasteiger partial charge in [0.15, 0.2) is 5.16 Å². The quantitative estimate of drug-likeness (QED) is 0.672. The van der Waals surface area contributed by atoms with Gasteiger partial charge in [-0.05, 0) is 17.7 Å². The summed E-state index contributed by atoms with van der Waals surface area (Å²) in [6, 6.07) is 17.1. The summed E-state index contributed by atoms with van der Waals surface area (Å²) in [6.07, 6.45) is 1.77. The molecule has 4 nitrogen and oxygen atoms in total. The van der Waals surface area contributed by atoms with E-state index in [-0.39, 0.29) is 11.7 Å². The minimum absolute atomic E-state index is 0.124. The highest BCUT2D eigenvalue weighted by molar-refractivity contribution is 7.99. The van der Waals surface area contributed by atoms with Gasteiger partial charge in [-0.15, -0.1) is 0 Å². The zero-order chi connectivity index (χ0) is 16.1. The number of aromatic nitrogens is 2. The molecule has 0 bridgehead atoms. The van der Waals surface area contributed by atoms with Crippen LogP contribution in [0.15, 0.2) is 66.0 Å². The molecule has 0 aliphatic carbocycles. The minimum atomic E-state index is -0.124. The van der Waals surface area contributed by atoms with Gasteiger partial charge < -0.3 is 10.3 Å².